The van der Waals surface area contributed by atoms with Gasteiger partial charge in [0.05, 0.1) is 11.5 Å². The number of nitriles is 1. The van der Waals surface area contributed by atoms with Crippen LogP contribution in [0.2, 0.25) is 0 Å². The summed E-state index contributed by atoms with van der Waals surface area (Å²) in [5, 5.41) is 8.84. The van der Waals surface area contributed by atoms with Gasteiger partial charge in [0.25, 0.3) is 0 Å². The lowest BCUT2D eigenvalue weighted by Crippen LogP contribution is -2.12. The second-order valence-corrected chi connectivity index (χ2v) is 3.45. The summed E-state index contributed by atoms with van der Waals surface area (Å²) in [7, 11) is 1.71. The van der Waals surface area contributed by atoms with E-state index in [4.69, 9.17) is 10.00 Å². The molecular weight excluding hydrogens is 138 g/mol. The second kappa shape index (κ2) is 3.23. The van der Waals surface area contributed by atoms with Crippen LogP contribution in [0.4, 0.5) is 0 Å². The van der Waals surface area contributed by atoms with Crippen molar-refractivity contribution < 1.29 is 4.74 Å². The fraction of sp³-hybridized carbons (Fsp3) is 0.889. The zero-order valence-electron chi connectivity index (χ0n) is 7.26. The maximum atomic E-state index is 8.84. The van der Waals surface area contributed by atoms with Gasteiger partial charge in [-0.25, -0.2) is 0 Å². The van der Waals surface area contributed by atoms with E-state index in [1.807, 2.05) is 0 Å². The second-order valence-electron chi connectivity index (χ2n) is 3.45. The third-order valence-electron chi connectivity index (χ3n) is 2.71. The highest BCUT2D eigenvalue weighted by molar-refractivity contribution is 5.12. The molecule has 0 radical (unpaired) electrons. The fourth-order valence-electron chi connectivity index (χ4n) is 1.42. The molecule has 1 aliphatic carbocycles. The molecule has 1 atom stereocenters. The molecule has 62 valence electrons. The van der Waals surface area contributed by atoms with E-state index in [2.05, 4.69) is 13.0 Å². The first-order valence-electron chi connectivity index (χ1n) is 4.15. The summed E-state index contributed by atoms with van der Waals surface area (Å²) in [4.78, 5) is 0. The van der Waals surface area contributed by atoms with E-state index in [0.29, 0.717) is 5.92 Å². The van der Waals surface area contributed by atoms with Crippen molar-refractivity contribution in [3.63, 3.8) is 0 Å². The van der Waals surface area contributed by atoms with Gasteiger partial charge >= 0.3 is 0 Å². The molecule has 0 aromatic carbocycles. The number of hydrogen-bond acceptors (Lipinski definition) is 2. The number of nitrogens with zero attached hydrogens (tertiary/aromatic N) is 1. The van der Waals surface area contributed by atoms with E-state index in [0.717, 1.165) is 25.9 Å². The summed E-state index contributed by atoms with van der Waals surface area (Å²) in [6.45, 7) is 2.93. The van der Waals surface area contributed by atoms with E-state index in [9.17, 15) is 0 Å². The minimum Gasteiger partial charge on any atom is -0.385 e. The molecule has 1 aliphatic rings. The molecule has 2 heteroatoms. The van der Waals surface area contributed by atoms with Crippen LogP contribution >= 0.6 is 0 Å². The summed E-state index contributed by atoms with van der Waals surface area (Å²) in [6.07, 6.45) is 3.20. The summed E-state index contributed by atoms with van der Waals surface area (Å²) >= 11 is 0. The van der Waals surface area contributed by atoms with Gasteiger partial charge in [-0.1, -0.05) is 6.92 Å². The van der Waals surface area contributed by atoms with Gasteiger partial charge in [-0.15, -0.1) is 0 Å². The maximum Gasteiger partial charge on any atom is 0.0692 e. The lowest BCUT2D eigenvalue weighted by atomic mass is 9.90. The van der Waals surface area contributed by atoms with Crippen molar-refractivity contribution in [2.24, 2.45) is 11.3 Å². The Morgan fingerprint density at radius 2 is 2.27 bits per heavy atom. The molecule has 0 aromatic rings. The smallest absolute Gasteiger partial charge is 0.0692 e. The molecule has 1 rings (SSSR count). The van der Waals surface area contributed by atoms with Gasteiger partial charge in [-0.3, -0.25) is 0 Å². The van der Waals surface area contributed by atoms with Crippen LogP contribution in [0.15, 0.2) is 0 Å². The Morgan fingerprint density at radius 3 is 2.64 bits per heavy atom. The summed E-state index contributed by atoms with van der Waals surface area (Å²) < 4.78 is 4.97. The number of methoxy groups -OCH3 is 1. The van der Waals surface area contributed by atoms with Gasteiger partial charge in [0, 0.05) is 13.7 Å². The average molecular weight is 153 g/mol. The molecule has 0 spiro atoms. The van der Waals surface area contributed by atoms with E-state index < -0.39 is 0 Å². The number of rotatable bonds is 4. The molecule has 1 unspecified atom stereocenters. The lowest BCUT2D eigenvalue weighted by molar-refractivity contribution is 0.169. The predicted molar refractivity (Wildman–Crippen MR) is 42.9 cm³/mol. The molecule has 0 N–H and O–H groups in total. The first-order chi connectivity index (χ1) is 5.25. The highest BCUT2D eigenvalue weighted by Crippen LogP contribution is 2.52. The molecule has 0 aromatic heterocycles. The summed E-state index contributed by atoms with van der Waals surface area (Å²) in [5.41, 5.74) is 0.0263. The van der Waals surface area contributed by atoms with Gasteiger partial charge in [-0.05, 0) is 25.2 Å². The van der Waals surface area contributed by atoms with E-state index in [-0.39, 0.29) is 5.41 Å². The van der Waals surface area contributed by atoms with Crippen molar-refractivity contribution in [1.82, 2.24) is 0 Å². The highest BCUT2D eigenvalue weighted by Gasteiger charge is 2.47. The van der Waals surface area contributed by atoms with Gasteiger partial charge in [0.15, 0.2) is 0 Å². The molecule has 0 amide bonds. The standard InChI is InChI=1S/C9H15NO/c1-8(3-6-11-2)9(7-10)4-5-9/h8H,3-6H2,1-2H3. The first kappa shape index (κ1) is 8.55. The van der Waals surface area contributed by atoms with Crippen molar-refractivity contribution in [2.45, 2.75) is 26.2 Å². The van der Waals surface area contributed by atoms with Crippen molar-refractivity contribution in [1.29, 1.82) is 5.26 Å². The Morgan fingerprint density at radius 1 is 1.64 bits per heavy atom. The molecule has 0 saturated heterocycles. The summed E-state index contributed by atoms with van der Waals surface area (Å²) in [6, 6.07) is 2.41. The van der Waals surface area contributed by atoms with Crippen molar-refractivity contribution in [3.05, 3.63) is 0 Å². The van der Waals surface area contributed by atoms with Crippen molar-refractivity contribution in [2.75, 3.05) is 13.7 Å². The molecule has 11 heavy (non-hydrogen) atoms. The van der Waals surface area contributed by atoms with Crippen LogP contribution in [-0.4, -0.2) is 13.7 Å². The SMILES string of the molecule is COCCC(C)C1(C#N)CC1. The normalized spacial score (nSPS) is 22.3. The molecule has 1 saturated carbocycles. The van der Waals surface area contributed by atoms with Crippen LogP contribution in [0.25, 0.3) is 0 Å². The molecule has 0 bridgehead atoms. The van der Waals surface area contributed by atoms with Gasteiger partial charge in [0.2, 0.25) is 0 Å². The minimum atomic E-state index is 0.0263. The molecule has 0 aliphatic heterocycles. The monoisotopic (exact) mass is 153 g/mol. The van der Waals surface area contributed by atoms with Crippen LogP contribution in [0.5, 0.6) is 0 Å². The van der Waals surface area contributed by atoms with E-state index in [1.165, 1.54) is 0 Å². The predicted octanol–water partition coefficient (Wildman–Crippen LogP) is 1.96. The van der Waals surface area contributed by atoms with Gasteiger partial charge < -0.3 is 4.74 Å². The molecule has 0 heterocycles. The maximum absolute atomic E-state index is 8.84. The van der Waals surface area contributed by atoms with Crippen LogP contribution in [0.1, 0.15) is 26.2 Å². The Hall–Kier alpha value is -0.550. The Labute approximate surface area is 68.2 Å². The quantitative estimate of drug-likeness (QED) is 0.618. The Kier molecular flexibility index (Phi) is 2.51. The van der Waals surface area contributed by atoms with Crippen LogP contribution in [0.3, 0.4) is 0 Å². The van der Waals surface area contributed by atoms with Gasteiger partial charge in [-0.2, -0.15) is 5.26 Å². The largest absolute Gasteiger partial charge is 0.385 e. The van der Waals surface area contributed by atoms with Crippen molar-refractivity contribution >= 4 is 0 Å². The molecule has 2 nitrogen and oxygen atoms in total. The highest BCUT2D eigenvalue weighted by atomic mass is 16.5. The van der Waals surface area contributed by atoms with Gasteiger partial charge in [0.1, 0.15) is 0 Å². The lowest BCUT2D eigenvalue weighted by Gasteiger charge is -2.14. The molecule has 1 fully saturated rings. The van der Waals surface area contributed by atoms with Crippen LogP contribution in [0, 0.1) is 22.7 Å². The Bertz CT molecular complexity index is 167. The summed E-state index contributed by atoms with van der Waals surface area (Å²) in [5.74, 6) is 0.507. The molecular formula is C9H15NO. The zero-order valence-corrected chi connectivity index (χ0v) is 7.26. The van der Waals surface area contributed by atoms with E-state index >= 15 is 0 Å². The number of hydrogen-bond donors (Lipinski definition) is 0. The third kappa shape index (κ3) is 1.72. The van der Waals surface area contributed by atoms with Crippen LogP contribution in [-0.2, 0) is 4.74 Å². The first-order valence-corrected chi connectivity index (χ1v) is 4.15. The van der Waals surface area contributed by atoms with Crippen LogP contribution < -0.4 is 0 Å². The fourth-order valence-corrected chi connectivity index (χ4v) is 1.42. The topological polar surface area (TPSA) is 33.0 Å². The average Bonchev–Trinajstić information content (AvgIpc) is 2.80. The zero-order chi connectivity index (χ0) is 8.32. The Balaban J connectivity index is 2.30. The minimum absolute atomic E-state index is 0.0263. The third-order valence-corrected chi connectivity index (χ3v) is 2.71. The van der Waals surface area contributed by atoms with Crippen molar-refractivity contribution in [3.8, 4) is 6.07 Å². The number of ether oxygens (including phenoxy) is 1. The van der Waals surface area contributed by atoms with E-state index in [1.54, 1.807) is 7.11 Å².